The van der Waals surface area contributed by atoms with Crippen molar-refractivity contribution in [3.05, 3.63) is 0 Å². The minimum atomic E-state index is -0.190. The van der Waals surface area contributed by atoms with E-state index in [9.17, 15) is 4.79 Å². The molecule has 60 valence electrons. The van der Waals surface area contributed by atoms with Crippen LogP contribution in [-0.4, -0.2) is 19.0 Å². The van der Waals surface area contributed by atoms with Gasteiger partial charge in [0.05, 0.1) is 0 Å². The summed E-state index contributed by atoms with van der Waals surface area (Å²) in [4.78, 5) is 10.3. The van der Waals surface area contributed by atoms with Crippen LogP contribution in [0.3, 0.4) is 0 Å². The van der Waals surface area contributed by atoms with Crippen LogP contribution in [0.25, 0.3) is 0 Å². The Morgan fingerprint density at radius 1 is 1.50 bits per heavy atom. The Balaban J connectivity index is 3.49. The minimum absolute atomic E-state index is 0.190. The van der Waals surface area contributed by atoms with E-state index in [0.717, 1.165) is 12.7 Å². The van der Waals surface area contributed by atoms with Gasteiger partial charge in [-0.05, 0) is 19.3 Å². The summed E-state index contributed by atoms with van der Waals surface area (Å²) in [5.41, 5.74) is 0. The van der Waals surface area contributed by atoms with Crippen LogP contribution >= 0.6 is 0 Å². The van der Waals surface area contributed by atoms with Gasteiger partial charge in [0.1, 0.15) is 12.4 Å². The SMILES string of the molecule is CCOC(C=O)CC(C)C. The molecular formula is C8H16O2. The van der Waals surface area contributed by atoms with Gasteiger partial charge in [-0.25, -0.2) is 0 Å². The Labute approximate surface area is 62.6 Å². The topological polar surface area (TPSA) is 26.3 Å². The van der Waals surface area contributed by atoms with Crippen LogP contribution in [0.15, 0.2) is 0 Å². The van der Waals surface area contributed by atoms with Crippen molar-refractivity contribution in [2.24, 2.45) is 5.92 Å². The highest BCUT2D eigenvalue weighted by atomic mass is 16.5. The highest BCUT2D eigenvalue weighted by molar-refractivity contribution is 5.55. The first-order chi connectivity index (χ1) is 4.70. The van der Waals surface area contributed by atoms with E-state index >= 15 is 0 Å². The molecule has 0 fully saturated rings. The van der Waals surface area contributed by atoms with Crippen molar-refractivity contribution < 1.29 is 9.53 Å². The van der Waals surface area contributed by atoms with Crippen molar-refractivity contribution in [3.63, 3.8) is 0 Å². The molecule has 0 spiro atoms. The molecule has 1 atom stereocenters. The molecule has 0 saturated heterocycles. The van der Waals surface area contributed by atoms with Gasteiger partial charge >= 0.3 is 0 Å². The zero-order valence-corrected chi connectivity index (χ0v) is 6.96. The van der Waals surface area contributed by atoms with Gasteiger partial charge in [0, 0.05) is 6.61 Å². The summed E-state index contributed by atoms with van der Waals surface area (Å²) in [5.74, 6) is 0.529. The average molecular weight is 144 g/mol. The molecule has 0 bridgehead atoms. The summed E-state index contributed by atoms with van der Waals surface area (Å²) in [6, 6.07) is 0. The molecule has 0 aromatic heterocycles. The van der Waals surface area contributed by atoms with Crippen molar-refractivity contribution in [1.82, 2.24) is 0 Å². The maximum absolute atomic E-state index is 10.3. The Hall–Kier alpha value is -0.370. The Bertz CT molecular complexity index is 89.3. The quantitative estimate of drug-likeness (QED) is 0.548. The Morgan fingerprint density at radius 3 is 2.40 bits per heavy atom. The van der Waals surface area contributed by atoms with E-state index < -0.39 is 0 Å². The molecule has 2 heteroatoms. The minimum Gasteiger partial charge on any atom is -0.371 e. The summed E-state index contributed by atoms with van der Waals surface area (Å²) >= 11 is 0. The van der Waals surface area contributed by atoms with Crippen LogP contribution < -0.4 is 0 Å². The number of aldehydes is 1. The van der Waals surface area contributed by atoms with Gasteiger partial charge in [-0.2, -0.15) is 0 Å². The van der Waals surface area contributed by atoms with Crippen LogP contribution in [-0.2, 0) is 9.53 Å². The van der Waals surface area contributed by atoms with Crippen molar-refractivity contribution in [2.75, 3.05) is 6.61 Å². The van der Waals surface area contributed by atoms with Gasteiger partial charge in [0.25, 0.3) is 0 Å². The van der Waals surface area contributed by atoms with Crippen molar-refractivity contribution in [2.45, 2.75) is 33.3 Å². The maximum atomic E-state index is 10.3. The number of carbonyl (C=O) groups is 1. The van der Waals surface area contributed by atoms with Crippen LogP contribution in [0.5, 0.6) is 0 Å². The summed E-state index contributed by atoms with van der Waals surface area (Å²) in [6.45, 7) is 6.68. The smallest absolute Gasteiger partial charge is 0.148 e. The third-order valence-corrected chi connectivity index (χ3v) is 1.24. The van der Waals surface area contributed by atoms with Crippen LogP contribution in [0.4, 0.5) is 0 Å². The molecule has 0 aromatic carbocycles. The fourth-order valence-corrected chi connectivity index (χ4v) is 0.842. The van der Waals surface area contributed by atoms with Crippen LogP contribution in [0.1, 0.15) is 27.2 Å². The highest BCUT2D eigenvalue weighted by Crippen LogP contribution is 2.05. The first-order valence-corrected chi connectivity index (χ1v) is 3.77. The zero-order valence-electron chi connectivity index (χ0n) is 6.96. The number of hydrogen-bond acceptors (Lipinski definition) is 2. The third-order valence-electron chi connectivity index (χ3n) is 1.24. The molecule has 1 unspecified atom stereocenters. The lowest BCUT2D eigenvalue weighted by Crippen LogP contribution is -2.16. The molecule has 0 N–H and O–H groups in total. The molecule has 0 aliphatic carbocycles. The van der Waals surface area contributed by atoms with E-state index in [1.54, 1.807) is 0 Å². The number of carbonyl (C=O) groups excluding carboxylic acids is 1. The summed E-state index contributed by atoms with van der Waals surface area (Å²) < 4.78 is 5.13. The zero-order chi connectivity index (χ0) is 7.98. The van der Waals surface area contributed by atoms with E-state index in [2.05, 4.69) is 13.8 Å². The Morgan fingerprint density at radius 2 is 2.10 bits per heavy atom. The molecule has 0 heterocycles. The summed E-state index contributed by atoms with van der Waals surface area (Å²) in [6.07, 6.45) is 1.52. The van der Waals surface area contributed by atoms with Gasteiger partial charge in [-0.1, -0.05) is 13.8 Å². The lowest BCUT2D eigenvalue weighted by atomic mass is 10.1. The van der Waals surface area contributed by atoms with Crippen LogP contribution in [0.2, 0.25) is 0 Å². The monoisotopic (exact) mass is 144 g/mol. The van der Waals surface area contributed by atoms with Crippen molar-refractivity contribution in [3.8, 4) is 0 Å². The predicted molar refractivity (Wildman–Crippen MR) is 40.9 cm³/mol. The maximum Gasteiger partial charge on any atom is 0.148 e. The molecule has 0 aliphatic rings. The van der Waals surface area contributed by atoms with E-state index in [1.165, 1.54) is 0 Å². The van der Waals surface area contributed by atoms with E-state index in [1.807, 2.05) is 6.92 Å². The van der Waals surface area contributed by atoms with Gasteiger partial charge in [-0.3, -0.25) is 0 Å². The largest absolute Gasteiger partial charge is 0.371 e. The fourth-order valence-electron chi connectivity index (χ4n) is 0.842. The van der Waals surface area contributed by atoms with E-state index in [0.29, 0.717) is 12.5 Å². The van der Waals surface area contributed by atoms with E-state index in [-0.39, 0.29) is 6.10 Å². The number of ether oxygens (including phenoxy) is 1. The molecule has 0 aromatic rings. The van der Waals surface area contributed by atoms with Gasteiger partial charge < -0.3 is 9.53 Å². The summed E-state index contributed by atoms with van der Waals surface area (Å²) in [5, 5.41) is 0. The van der Waals surface area contributed by atoms with Crippen molar-refractivity contribution in [1.29, 1.82) is 0 Å². The Kier molecular flexibility index (Phi) is 5.22. The number of hydrogen-bond donors (Lipinski definition) is 0. The second kappa shape index (κ2) is 5.42. The standard InChI is InChI=1S/C8H16O2/c1-4-10-8(6-9)5-7(2)3/h6-8H,4-5H2,1-3H3. The highest BCUT2D eigenvalue weighted by Gasteiger charge is 2.07. The predicted octanol–water partition coefficient (Wildman–Crippen LogP) is 1.64. The van der Waals surface area contributed by atoms with Gasteiger partial charge in [0.2, 0.25) is 0 Å². The molecule has 0 amide bonds. The summed E-state index contributed by atoms with van der Waals surface area (Å²) in [7, 11) is 0. The molecule has 0 radical (unpaired) electrons. The van der Waals surface area contributed by atoms with Gasteiger partial charge in [-0.15, -0.1) is 0 Å². The number of rotatable bonds is 5. The molecule has 10 heavy (non-hydrogen) atoms. The fraction of sp³-hybridized carbons (Fsp3) is 0.875. The lowest BCUT2D eigenvalue weighted by molar-refractivity contribution is -0.118. The normalized spacial score (nSPS) is 13.6. The molecule has 2 nitrogen and oxygen atoms in total. The second-order valence-corrected chi connectivity index (χ2v) is 2.76. The molecule has 0 aliphatic heterocycles. The first-order valence-electron chi connectivity index (χ1n) is 3.77. The van der Waals surface area contributed by atoms with Crippen molar-refractivity contribution >= 4 is 6.29 Å². The third kappa shape index (κ3) is 4.50. The molecule has 0 saturated carbocycles. The average Bonchev–Trinajstić information content (AvgIpc) is 1.86. The van der Waals surface area contributed by atoms with Gasteiger partial charge in [0.15, 0.2) is 0 Å². The second-order valence-electron chi connectivity index (χ2n) is 2.76. The molecular weight excluding hydrogens is 128 g/mol. The first kappa shape index (κ1) is 9.63. The van der Waals surface area contributed by atoms with Crippen LogP contribution in [0, 0.1) is 5.92 Å². The van der Waals surface area contributed by atoms with E-state index in [4.69, 9.17) is 4.74 Å². The molecule has 0 rings (SSSR count). The lowest BCUT2D eigenvalue weighted by Gasteiger charge is -2.11.